The van der Waals surface area contributed by atoms with Crippen molar-refractivity contribution in [2.45, 2.75) is 11.8 Å². The molecule has 0 aliphatic rings. The van der Waals surface area contributed by atoms with Gasteiger partial charge in [0, 0.05) is 10.2 Å². The number of aryl methyl sites for hydroxylation is 1. The molecule has 3 rings (SSSR count). The van der Waals surface area contributed by atoms with Crippen molar-refractivity contribution in [1.82, 2.24) is 0 Å². The minimum absolute atomic E-state index is 0.258. The van der Waals surface area contributed by atoms with E-state index < -0.39 is 10.0 Å². The predicted octanol–water partition coefficient (Wildman–Crippen LogP) is 4.71. The van der Waals surface area contributed by atoms with Gasteiger partial charge in [-0.15, -0.1) is 0 Å². The fourth-order valence-corrected chi connectivity index (χ4v) is 3.64. The number of nitrogens with one attached hydrogen (secondary N) is 1. The van der Waals surface area contributed by atoms with Crippen molar-refractivity contribution < 1.29 is 8.42 Å². The molecule has 0 amide bonds. The Morgan fingerprint density at radius 1 is 0.864 bits per heavy atom. The third-order valence-electron chi connectivity index (χ3n) is 3.39. The van der Waals surface area contributed by atoms with Crippen LogP contribution in [0.2, 0.25) is 0 Å². The molecule has 22 heavy (non-hydrogen) atoms. The van der Waals surface area contributed by atoms with Crippen LogP contribution in [0.5, 0.6) is 0 Å². The van der Waals surface area contributed by atoms with E-state index in [2.05, 4.69) is 20.7 Å². The number of halogens is 1. The van der Waals surface area contributed by atoms with Crippen molar-refractivity contribution in [2.24, 2.45) is 0 Å². The summed E-state index contributed by atoms with van der Waals surface area (Å²) < 4.78 is 28.4. The average molecular weight is 376 g/mol. The molecule has 0 heterocycles. The Kier molecular flexibility index (Phi) is 3.93. The Morgan fingerprint density at radius 3 is 2.23 bits per heavy atom. The monoisotopic (exact) mass is 375 g/mol. The normalized spacial score (nSPS) is 11.5. The quantitative estimate of drug-likeness (QED) is 0.720. The van der Waals surface area contributed by atoms with E-state index in [0.29, 0.717) is 5.69 Å². The summed E-state index contributed by atoms with van der Waals surface area (Å²) in [7, 11) is -3.57. The highest BCUT2D eigenvalue weighted by Gasteiger charge is 2.13. The lowest BCUT2D eigenvalue weighted by atomic mass is 10.1. The topological polar surface area (TPSA) is 46.2 Å². The molecule has 0 bridgehead atoms. The first-order chi connectivity index (χ1) is 10.4. The van der Waals surface area contributed by atoms with Gasteiger partial charge in [0.25, 0.3) is 10.0 Å². The maximum Gasteiger partial charge on any atom is 0.261 e. The summed E-state index contributed by atoms with van der Waals surface area (Å²) in [4.78, 5) is 0.258. The largest absolute Gasteiger partial charge is 0.280 e. The molecule has 1 N–H and O–H groups in total. The summed E-state index contributed by atoms with van der Waals surface area (Å²) in [6.45, 7) is 1.92. The number of sulfonamides is 1. The molecule has 3 aromatic rings. The molecule has 3 aromatic carbocycles. The molecular formula is C17H14BrNO2S. The second-order valence-electron chi connectivity index (χ2n) is 5.12. The number of fused-ring (bicyclic) bond motifs is 1. The van der Waals surface area contributed by atoms with E-state index in [1.54, 1.807) is 30.3 Å². The van der Waals surface area contributed by atoms with Gasteiger partial charge in [0.1, 0.15) is 0 Å². The third-order valence-corrected chi connectivity index (χ3v) is 5.28. The number of rotatable bonds is 3. The zero-order chi connectivity index (χ0) is 15.7. The van der Waals surface area contributed by atoms with E-state index in [0.717, 1.165) is 20.8 Å². The van der Waals surface area contributed by atoms with E-state index in [-0.39, 0.29) is 4.90 Å². The Balaban J connectivity index is 1.95. The molecule has 0 saturated carbocycles. The smallest absolute Gasteiger partial charge is 0.261 e. The Morgan fingerprint density at radius 2 is 1.50 bits per heavy atom. The molecule has 0 aliphatic carbocycles. The Hall–Kier alpha value is -1.85. The summed E-state index contributed by atoms with van der Waals surface area (Å²) in [5.74, 6) is 0. The zero-order valence-corrected chi connectivity index (χ0v) is 14.3. The number of hydrogen-bond acceptors (Lipinski definition) is 2. The highest BCUT2D eigenvalue weighted by Crippen LogP contribution is 2.24. The van der Waals surface area contributed by atoms with Crippen LogP contribution in [0.1, 0.15) is 5.56 Å². The van der Waals surface area contributed by atoms with E-state index in [1.165, 1.54) is 0 Å². The van der Waals surface area contributed by atoms with Gasteiger partial charge in [-0.25, -0.2) is 8.42 Å². The molecular weight excluding hydrogens is 362 g/mol. The van der Waals surface area contributed by atoms with Crippen LogP contribution in [-0.2, 0) is 10.0 Å². The van der Waals surface area contributed by atoms with Gasteiger partial charge in [-0.05, 0) is 54.1 Å². The summed E-state index contributed by atoms with van der Waals surface area (Å²) in [5.41, 5.74) is 1.57. The SMILES string of the molecule is Cc1ccc(S(=O)(=O)Nc2ccc3cc(Br)ccc3c2)cc1. The van der Waals surface area contributed by atoms with Gasteiger partial charge in [-0.3, -0.25) is 4.72 Å². The van der Waals surface area contributed by atoms with Crippen LogP contribution in [0.4, 0.5) is 5.69 Å². The van der Waals surface area contributed by atoms with E-state index >= 15 is 0 Å². The van der Waals surface area contributed by atoms with Crippen molar-refractivity contribution in [2.75, 3.05) is 4.72 Å². The van der Waals surface area contributed by atoms with Crippen LogP contribution in [0.25, 0.3) is 10.8 Å². The van der Waals surface area contributed by atoms with Crippen molar-refractivity contribution in [3.63, 3.8) is 0 Å². The number of benzene rings is 3. The highest BCUT2D eigenvalue weighted by atomic mass is 79.9. The van der Waals surface area contributed by atoms with E-state index in [9.17, 15) is 8.42 Å². The number of anilines is 1. The molecule has 0 atom stereocenters. The summed E-state index contributed by atoms with van der Waals surface area (Å²) in [6, 6.07) is 18.1. The van der Waals surface area contributed by atoms with Gasteiger partial charge in [-0.1, -0.05) is 45.8 Å². The molecule has 0 fully saturated rings. The second kappa shape index (κ2) is 5.74. The van der Waals surface area contributed by atoms with Crippen LogP contribution in [0, 0.1) is 6.92 Å². The van der Waals surface area contributed by atoms with Crippen LogP contribution in [-0.4, -0.2) is 8.42 Å². The second-order valence-corrected chi connectivity index (χ2v) is 7.72. The fourth-order valence-electron chi connectivity index (χ4n) is 2.21. The molecule has 5 heteroatoms. The maximum absolute atomic E-state index is 12.4. The van der Waals surface area contributed by atoms with Gasteiger partial charge in [0.05, 0.1) is 4.90 Å². The van der Waals surface area contributed by atoms with Crippen LogP contribution in [0.3, 0.4) is 0 Å². The van der Waals surface area contributed by atoms with E-state index in [4.69, 9.17) is 0 Å². The van der Waals surface area contributed by atoms with Crippen molar-refractivity contribution >= 4 is 42.4 Å². The molecule has 112 valence electrons. The van der Waals surface area contributed by atoms with Gasteiger partial charge in [0.2, 0.25) is 0 Å². The predicted molar refractivity (Wildman–Crippen MR) is 93.6 cm³/mol. The van der Waals surface area contributed by atoms with Crippen LogP contribution >= 0.6 is 15.9 Å². The third kappa shape index (κ3) is 3.15. The highest BCUT2D eigenvalue weighted by molar-refractivity contribution is 9.10. The lowest BCUT2D eigenvalue weighted by Gasteiger charge is -2.09. The minimum atomic E-state index is -3.57. The summed E-state index contributed by atoms with van der Waals surface area (Å²) >= 11 is 3.42. The molecule has 0 aromatic heterocycles. The van der Waals surface area contributed by atoms with Crippen LogP contribution < -0.4 is 4.72 Å². The van der Waals surface area contributed by atoms with Gasteiger partial charge >= 0.3 is 0 Å². The molecule has 0 unspecified atom stereocenters. The van der Waals surface area contributed by atoms with Gasteiger partial charge < -0.3 is 0 Å². The molecule has 0 saturated heterocycles. The van der Waals surface area contributed by atoms with Crippen molar-refractivity contribution in [3.05, 3.63) is 70.7 Å². The zero-order valence-electron chi connectivity index (χ0n) is 11.9. The van der Waals surface area contributed by atoms with Gasteiger partial charge in [-0.2, -0.15) is 0 Å². The lowest BCUT2D eigenvalue weighted by molar-refractivity contribution is 0.601. The fraction of sp³-hybridized carbons (Fsp3) is 0.0588. The average Bonchev–Trinajstić information content (AvgIpc) is 2.47. The number of hydrogen-bond donors (Lipinski definition) is 1. The minimum Gasteiger partial charge on any atom is -0.280 e. The molecule has 0 aliphatic heterocycles. The van der Waals surface area contributed by atoms with Crippen molar-refractivity contribution in [1.29, 1.82) is 0 Å². The molecule has 3 nitrogen and oxygen atoms in total. The van der Waals surface area contributed by atoms with E-state index in [1.807, 2.05) is 37.3 Å². The Labute approximate surface area is 138 Å². The van der Waals surface area contributed by atoms with Gasteiger partial charge in [0.15, 0.2) is 0 Å². The maximum atomic E-state index is 12.4. The first-order valence-corrected chi connectivity index (χ1v) is 9.00. The summed E-state index contributed by atoms with van der Waals surface area (Å²) in [5, 5.41) is 2.03. The first kappa shape index (κ1) is 15.1. The van der Waals surface area contributed by atoms with Crippen LogP contribution in [0.15, 0.2) is 70.0 Å². The van der Waals surface area contributed by atoms with Crippen molar-refractivity contribution in [3.8, 4) is 0 Å². The molecule has 0 radical (unpaired) electrons. The summed E-state index contributed by atoms with van der Waals surface area (Å²) in [6.07, 6.45) is 0. The first-order valence-electron chi connectivity index (χ1n) is 6.73. The lowest BCUT2D eigenvalue weighted by Crippen LogP contribution is -2.12. The Bertz CT molecular complexity index is 935. The standard InChI is InChI=1S/C17H14BrNO2S/c1-12-2-8-17(9-3-12)22(20,21)19-16-7-5-13-10-15(18)6-4-14(13)11-16/h2-11,19H,1H3. The molecule has 0 spiro atoms.